The Morgan fingerprint density at radius 3 is 2.32 bits per heavy atom. The van der Waals surface area contributed by atoms with E-state index in [4.69, 9.17) is 33.2 Å². The number of aromatic nitrogens is 2. The van der Waals surface area contributed by atoms with Crippen LogP contribution in [-0.4, -0.2) is 137 Å². The molecule has 0 spiro atoms. The summed E-state index contributed by atoms with van der Waals surface area (Å²) in [6.45, 7) is 16.6. The van der Waals surface area contributed by atoms with Crippen molar-refractivity contribution >= 4 is 36.2 Å². The number of aliphatic hydroxyl groups excluding tert-OH is 1. The Balaban J connectivity index is 1.57. The Hall–Kier alpha value is -5.17. The van der Waals surface area contributed by atoms with E-state index >= 15 is 0 Å². The number of cyclic esters (lactones) is 1. The van der Waals surface area contributed by atoms with E-state index in [1.165, 1.54) is 6.92 Å². The zero-order valence-corrected chi connectivity index (χ0v) is 40.2. The first-order valence-electron chi connectivity index (χ1n) is 22.9. The lowest BCUT2D eigenvalue weighted by Gasteiger charge is -2.48. The van der Waals surface area contributed by atoms with Gasteiger partial charge in [-0.1, -0.05) is 64.1 Å². The number of fused-ring (bicyclic) bond motifs is 1. The number of ether oxygens (including phenoxy) is 7. The van der Waals surface area contributed by atoms with Gasteiger partial charge in [0.05, 0.1) is 24.2 Å². The van der Waals surface area contributed by atoms with Crippen molar-refractivity contribution in [2.45, 2.75) is 155 Å². The number of alkyl carbamates (subject to hydrolysis) is 2. The van der Waals surface area contributed by atoms with Crippen molar-refractivity contribution in [2.75, 3.05) is 20.6 Å². The molecule has 5 rings (SSSR count). The van der Waals surface area contributed by atoms with Crippen molar-refractivity contribution in [3.05, 3.63) is 54.4 Å². The third-order valence-electron chi connectivity index (χ3n) is 12.9. The highest BCUT2D eigenvalue weighted by Crippen LogP contribution is 2.42. The second kappa shape index (κ2) is 22.1. The topological polar surface area (TPSA) is 223 Å². The third kappa shape index (κ3) is 12.2. The maximum Gasteiger partial charge on any atom is 0.508 e. The fourth-order valence-electron chi connectivity index (χ4n) is 9.54. The lowest BCUT2D eigenvalue weighted by atomic mass is 9.73. The molecule has 1 aromatic heterocycles. The molecule has 0 aliphatic carbocycles. The average molecular weight is 924 g/mol. The number of likely N-dealkylation sites (N-methyl/N-ethyl adjacent to an activating group) is 1. The summed E-state index contributed by atoms with van der Waals surface area (Å²) in [6.07, 6.45) is -2.61. The van der Waals surface area contributed by atoms with Gasteiger partial charge in [-0.25, -0.2) is 24.4 Å². The molecule has 3 fully saturated rings. The number of Topliss-reactive ketones (excluding diaryl/α,β-unsaturated/α-hetero) is 1. The average Bonchev–Trinajstić information content (AvgIpc) is 3.58. The summed E-state index contributed by atoms with van der Waals surface area (Å²) in [4.78, 5) is 80.0. The molecular weight excluding hydrogens is 855 g/mol. The number of benzene rings is 1. The number of esters is 1. The van der Waals surface area contributed by atoms with Crippen LogP contribution < -0.4 is 10.6 Å². The van der Waals surface area contributed by atoms with E-state index < -0.39 is 114 Å². The van der Waals surface area contributed by atoms with Crippen molar-refractivity contribution in [1.29, 1.82) is 0 Å². The predicted octanol–water partition coefficient (Wildman–Crippen LogP) is 6.09. The number of ketones is 1. The molecule has 18 nitrogen and oxygen atoms in total. The van der Waals surface area contributed by atoms with E-state index in [1.54, 1.807) is 79.9 Å². The maximum absolute atomic E-state index is 14.7. The molecule has 3 N–H and O–H groups in total. The summed E-state index contributed by atoms with van der Waals surface area (Å²) < 4.78 is 42.9. The first kappa shape index (κ1) is 51.8. The second-order valence-electron chi connectivity index (χ2n) is 18.8. The van der Waals surface area contributed by atoms with E-state index in [-0.39, 0.29) is 25.2 Å². The third-order valence-corrected chi connectivity index (χ3v) is 12.9. The van der Waals surface area contributed by atoms with Gasteiger partial charge in [0, 0.05) is 48.3 Å². The van der Waals surface area contributed by atoms with E-state index in [1.807, 2.05) is 56.3 Å². The van der Waals surface area contributed by atoms with Gasteiger partial charge in [-0.2, -0.15) is 0 Å². The minimum Gasteiger partial charge on any atom is -0.458 e. The van der Waals surface area contributed by atoms with Gasteiger partial charge in [-0.15, -0.1) is 0 Å². The molecule has 1 aromatic carbocycles. The van der Waals surface area contributed by atoms with Crippen LogP contribution in [0.5, 0.6) is 0 Å². The van der Waals surface area contributed by atoms with Crippen LogP contribution >= 0.6 is 0 Å². The number of carbonyl (C=O) groups is 5. The van der Waals surface area contributed by atoms with Gasteiger partial charge >= 0.3 is 24.3 Å². The fraction of sp³-hybridized carbons (Fsp3) is 0.646. The lowest BCUT2D eigenvalue weighted by molar-refractivity contribution is -0.298. The monoisotopic (exact) mass is 923 g/mol. The van der Waals surface area contributed by atoms with Crippen LogP contribution in [0.15, 0.2) is 48.8 Å². The van der Waals surface area contributed by atoms with Gasteiger partial charge in [0.2, 0.25) is 0 Å². The summed E-state index contributed by atoms with van der Waals surface area (Å²) >= 11 is 0. The van der Waals surface area contributed by atoms with Crippen LogP contribution in [0.3, 0.4) is 0 Å². The number of nitrogens with zero attached hydrogens (tertiary/aromatic N) is 3. The van der Waals surface area contributed by atoms with Gasteiger partial charge in [0.25, 0.3) is 0 Å². The quantitative estimate of drug-likeness (QED) is 0.171. The standard InChI is InChI=1S/C48H69N5O13/c1-13-35-48(10)39(52-45(58)66-48)29(6)36(54)27(4)25-47(9,65-44(57)51-21-14-16-32-17-19-33(20-18-32)41-49-22-15-23-50-41)40(64-43-37(55)34(53(11)12)24-28(5)61-43)30(7)38(31(8)42(56)62-35)63-46(59)60-26(2)3/h14-20,22-23,26-31,34-35,37-40,43,55H,13,21,24-25H2,1-12H3,(H,51,57)(H,52,58)/b16-14+/t27-,28-,29+,30+,31-,34+,35-,37-,38+,39-,40-,43+,47-,48-/m1/s1. The molecule has 4 heterocycles. The van der Waals surface area contributed by atoms with Crippen molar-refractivity contribution in [3.8, 4) is 11.4 Å². The number of amides is 2. The summed E-state index contributed by atoms with van der Waals surface area (Å²) in [5.74, 6) is -4.58. The molecule has 0 saturated carbocycles. The van der Waals surface area contributed by atoms with E-state index in [0.29, 0.717) is 12.2 Å². The molecule has 66 heavy (non-hydrogen) atoms. The van der Waals surface area contributed by atoms with Gasteiger partial charge in [-0.3, -0.25) is 9.59 Å². The van der Waals surface area contributed by atoms with Crippen molar-refractivity contribution in [2.24, 2.45) is 23.7 Å². The van der Waals surface area contributed by atoms with E-state index in [9.17, 15) is 29.1 Å². The Morgan fingerprint density at radius 2 is 1.70 bits per heavy atom. The predicted molar refractivity (Wildman–Crippen MR) is 241 cm³/mol. The van der Waals surface area contributed by atoms with E-state index in [0.717, 1.165) is 11.1 Å². The Labute approximate surface area is 387 Å². The van der Waals surface area contributed by atoms with Crippen LogP contribution in [0.25, 0.3) is 17.5 Å². The van der Waals surface area contributed by atoms with Crippen LogP contribution in [0, 0.1) is 23.7 Å². The Bertz CT molecular complexity index is 2020. The van der Waals surface area contributed by atoms with Crippen LogP contribution in [0.4, 0.5) is 14.4 Å². The normalized spacial score (nSPS) is 34.4. The molecule has 2 amide bonds. The zero-order valence-electron chi connectivity index (χ0n) is 40.2. The largest absolute Gasteiger partial charge is 0.508 e. The van der Waals surface area contributed by atoms with Crippen LogP contribution in [0.2, 0.25) is 0 Å². The molecule has 3 saturated heterocycles. The summed E-state index contributed by atoms with van der Waals surface area (Å²) in [7, 11) is 3.65. The molecule has 0 bridgehead atoms. The highest BCUT2D eigenvalue weighted by atomic mass is 16.7. The molecule has 0 radical (unpaired) electrons. The molecular formula is C48H69N5O13. The first-order valence-corrected chi connectivity index (χ1v) is 22.9. The number of carbonyl (C=O) groups excluding carboxylic acids is 5. The van der Waals surface area contributed by atoms with Gasteiger partial charge in [-0.05, 0) is 86.5 Å². The molecule has 2 aromatic rings. The Kier molecular flexibility index (Phi) is 17.3. The minimum absolute atomic E-state index is 0.0335. The van der Waals surface area contributed by atoms with Crippen LogP contribution in [-0.2, 0) is 42.7 Å². The smallest absolute Gasteiger partial charge is 0.458 e. The van der Waals surface area contributed by atoms with Gasteiger partial charge < -0.3 is 53.8 Å². The molecule has 0 unspecified atom stereocenters. The number of aliphatic hydroxyl groups is 1. The number of hydrogen-bond acceptors (Lipinski definition) is 16. The van der Waals surface area contributed by atoms with Crippen molar-refractivity contribution in [1.82, 2.24) is 25.5 Å². The Morgan fingerprint density at radius 1 is 1.03 bits per heavy atom. The van der Waals surface area contributed by atoms with Crippen molar-refractivity contribution in [3.63, 3.8) is 0 Å². The van der Waals surface area contributed by atoms with Gasteiger partial charge in [0.15, 0.2) is 17.7 Å². The fourth-order valence-corrected chi connectivity index (χ4v) is 9.54. The van der Waals surface area contributed by atoms with Gasteiger partial charge in [0.1, 0.15) is 35.8 Å². The number of hydrogen-bond donors (Lipinski definition) is 3. The summed E-state index contributed by atoms with van der Waals surface area (Å²) in [5, 5.41) is 17.3. The number of rotatable bonds is 11. The van der Waals surface area contributed by atoms with Crippen LogP contribution in [0.1, 0.15) is 94.1 Å². The highest BCUT2D eigenvalue weighted by molar-refractivity contribution is 5.85. The summed E-state index contributed by atoms with van der Waals surface area (Å²) in [6, 6.07) is 7.96. The molecule has 364 valence electrons. The highest BCUT2D eigenvalue weighted by Gasteiger charge is 2.58. The molecule has 18 heteroatoms. The SMILES string of the molecule is CC[C@H]1OC(=O)[C@H](C)[C@@H](OC(=O)OC(C)C)[C@H](C)[C@@H](O[C@@H]2O[C@H](C)C[C@H](N(C)C)[C@H]2O)[C@](C)(OC(=O)NC/C=C/c2ccc(-c3ncccn3)cc2)C[C@@H](C)C(=O)[C@H](C)[C@H]2NC(=O)O[C@@]21C. The zero-order chi connectivity index (χ0) is 48.7. The van der Waals surface area contributed by atoms with E-state index in [2.05, 4.69) is 20.6 Å². The maximum atomic E-state index is 14.7. The molecule has 3 aliphatic heterocycles. The first-order chi connectivity index (χ1) is 31.1. The molecule has 14 atom stereocenters. The lowest BCUT2D eigenvalue weighted by Crippen LogP contribution is -2.61. The number of nitrogens with one attached hydrogen (secondary N) is 2. The second-order valence-corrected chi connectivity index (χ2v) is 18.8. The van der Waals surface area contributed by atoms with Crippen molar-refractivity contribution < 1.29 is 62.2 Å². The summed E-state index contributed by atoms with van der Waals surface area (Å²) in [5.41, 5.74) is -1.57. The minimum atomic E-state index is -1.78. The molecule has 3 aliphatic rings.